The molecule has 0 saturated carbocycles. The Bertz CT molecular complexity index is 1480. The quantitative estimate of drug-likeness (QED) is 0.0700. The van der Waals surface area contributed by atoms with Crippen LogP contribution in [0.4, 0.5) is 0 Å². The van der Waals surface area contributed by atoms with Gasteiger partial charge in [-0.05, 0) is 83.5 Å². The normalized spacial score (nSPS) is 10.8. The molecule has 4 heteroatoms. The molecule has 0 saturated heterocycles. The molecule has 0 fully saturated rings. The van der Waals surface area contributed by atoms with Crippen LogP contribution in [-0.4, -0.2) is 12.6 Å². The Morgan fingerprint density at radius 2 is 1.20 bits per heavy atom. The highest BCUT2D eigenvalue weighted by Gasteiger charge is 2.14. The number of unbranched alkanes of at least 4 members (excludes halogenated alkanes) is 8. The van der Waals surface area contributed by atoms with Gasteiger partial charge in [0.25, 0.3) is 0 Å². The Balaban J connectivity index is 1.30. The first-order valence-corrected chi connectivity index (χ1v) is 16.3. The van der Waals surface area contributed by atoms with E-state index in [0.717, 1.165) is 47.5 Å². The van der Waals surface area contributed by atoms with E-state index in [4.69, 9.17) is 9.47 Å². The van der Waals surface area contributed by atoms with E-state index in [9.17, 15) is 10.1 Å². The molecule has 0 amide bonds. The number of ether oxygens (including phenoxy) is 2. The van der Waals surface area contributed by atoms with Crippen LogP contribution in [-0.2, 0) is 6.42 Å². The maximum Gasteiger partial charge on any atom is 0.343 e. The summed E-state index contributed by atoms with van der Waals surface area (Å²) in [6.07, 6.45) is 13.5. The van der Waals surface area contributed by atoms with Gasteiger partial charge in [-0.25, -0.2) is 4.79 Å². The third kappa shape index (κ3) is 9.85. The summed E-state index contributed by atoms with van der Waals surface area (Å²) in [7, 11) is 0. The zero-order chi connectivity index (χ0) is 31.0. The van der Waals surface area contributed by atoms with E-state index in [1.165, 1.54) is 63.4 Å². The van der Waals surface area contributed by atoms with Crippen LogP contribution in [0.3, 0.4) is 0 Å². The van der Waals surface area contributed by atoms with Crippen LogP contribution in [0.2, 0.25) is 0 Å². The van der Waals surface area contributed by atoms with Gasteiger partial charge in [0.15, 0.2) is 0 Å². The van der Waals surface area contributed by atoms with Crippen molar-refractivity contribution in [3.63, 3.8) is 0 Å². The standard InChI is InChI=1S/C40H45NO3/c1-3-5-7-9-10-12-28-43-37-23-18-32(19-24-37)33-20-25-38(26-21-33)44-40(42)35-22-27-39(36(29-35)30-41)34-16-14-31(15-17-34)13-11-8-6-4-2/h14-27,29H,3-13,28H2,1-2H3. The molecule has 0 radical (unpaired) electrons. The van der Waals surface area contributed by atoms with Crippen molar-refractivity contribution in [3.8, 4) is 39.8 Å². The highest BCUT2D eigenvalue weighted by atomic mass is 16.5. The molecule has 0 aromatic heterocycles. The molecule has 0 bridgehead atoms. The number of nitrogens with zero attached hydrogens (tertiary/aromatic N) is 1. The Morgan fingerprint density at radius 1 is 0.636 bits per heavy atom. The fourth-order valence-corrected chi connectivity index (χ4v) is 5.32. The van der Waals surface area contributed by atoms with Gasteiger partial charge in [0.05, 0.1) is 23.8 Å². The fraction of sp³-hybridized carbons (Fsp3) is 0.350. The molecule has 4 aromatic carbocycles. The predicted octanol–water partition coefficient (Wildman–Crippen LogP) is 11.0. The molecule has 0 aliphatic heterocycles. The first-order chi connectivity index (χ1) is 21.6. The van der Waals surface area contributed by atoms with Crippen LogP contribution in [0.1, 0.15) is 99.5 Å². The molecule has 0 atom stereocenters. The average Bonchev–Trinajstić information content (AvgIpc) is 3.07. The maximum atomic E-state index is 12.9. The highest BCUT2D eigenvalue weighted by molar-refractivity contribution is 5.92. The monoisotopic (exact) mass is 587 g/mol. The smallest absolute Gasteiger partial charge is 0.343 e. The van der Waals surface area contributed by atoms with Crippen molar-refractivity contribution in [2.24, 2.45) is 0 Å². The van der Waals surface area contributed by atoms with E-state index >= 15 is 0 Å². The molecular weight excluding hydrogens is 542 g/mol. The Labute approximate surface area is 263 Å². The third-order valence-corrected chi connectivity index (χ3v) is 7.98. The first-order valence-electron chi connectivity index (χ1n) is 16.3. The van der Waals surface area contributed by atoms with Gasteiger partial charge in [-0.2, -0.15) is 5.26 Å². The minimum atomic E-state index is -0.491. The third-order valence-electron chi connectivity index (χ3n) is 7.98. The van der Waals surface area contributed by atoms with Crippen LogP contribution < -0.4 is 9.47 Å². The topological polar surface area (TPSA) is 59.3 Å². The minimum Gasteiger partial charge on any atom is -0.494 e. The summed E-state index contributed by atoms with van der Waals surface area (Å²) >= 11 is 0. The molecule has 228 valence electrons. The van der Waals surface area contributed by atoms with Gasteiger partial charge in [-0.3, -0.25) is 0 Å². The van der Waals surface area contributed by atoms with Crippen molar-refractivity contribution in [1.82, 2.24) is 0 Å². The number of hydrogen-bond donors (Lipinski definition) is 0. The van der Waals surface area contributed by atoms with E-state index < -0.39 is 5.97 Å². The molecule has 0 aliphatic carbocycles. The van der Waals surface area contributed by atoms with Crippen molar-refractivity contribution < 1.29 is 14.3 Å². The van der Waals surface area contributed by atoms with Crippen molar-refractivity contribution in [2.75, 3.05) is 6.61 Å². The van der Waals surface area contributed by atoms with Crippen LogP contribution in [0.5, 0.6) is 11.5 Å². The van der Waals surface area contributed by atoms with Gasteiger partial charge >= 0.3 is 5.97 Å². The lowest BCUT2D eigenvalue weighted by molar-refractivity contribution is 0.0734. The number of esters is 1. The molecule has 4 aromatic rings. The lowest BCUT2D eigenvalue weighted by atomic mass is 9.96. The Morgan fingerprint density at radius 3 is 1.84 bits per heavy atom. The van der Waals surface area contributed by atoms with Gasteiger partial charge in [0.2, 0.25) is 0 Å². The molecule has 0 spiro atoms. The summed E-state index contributed by atoms with van der Waals surface area (Å²) < 4.78 is 11.5. The number of carbonyl (C=O) groups excluding carboxylic acids is 1. The maximum absolute atomic E-state index is 12.9. The minimum absolute atomic E-state index is 0.346. The first kappa shape index (κ1) is 32.6. The summed E-state index contributed by atoms with van der Waals surface area (Å²) in [5.74, 6) is 0.843. The molecule has 0 N–H and O–H groups in total. The number of benzene rings is 4. The van der Waals surface area contributed by atoms with E-state index in [1.54, 1.807) is 24.3 Å². The fourth-order valence-electron chi connectivity index (χ4n) is 5.32. The second-order valence-electron chi connectivity index (χ2n) is 11.4. The molecule has 0 unspecified atom stereocenters. The van der Waals surface area contributed by atoms with Crippen molar-refractivity contribution in [1.29, 1.82) is 5.26 Å². The number of aryl methyl sites for hydroxylation is 1. The summed E-state index contributed by atoms with van der Waals surface area (Å²) in [6.45, 7) is 5.20. The summed E-state index contributed by atoms with van der Waals surface area (Å²) in [5, 5.41) is 9.83. The summed E-state index contributed by atoms with van der Waals surface area (Å²) in [4.78, 5) is 12.9. The average molecular weight is 588 g/mol. The Hall–Kier alpha value is -4.36. The number of rotatable bonds is 17. The molecule has 0 heterocycles. The van der Waals surface area contributed by atoms with Gasteiger partial charge in [0, 0.05) is 0 Å². The SMILES string of the molecule is CCCCCCCCOc1ccc(-c2ccc(OC(=O)c3ccc(-c4ccc(CCCCCC)cc4)c(C#N)c3)cc2)cc1. The van der Waals surface area contributed by atoms with Crippen molar-refractivity contribution in [3.05, 3.63) is 108 Å². The lowest BCUT2D eigenvalue weighted by Gasteiger charge is -2.10. The van der Waals surface area contributed by atoms with E-state index in [0.29, 0.717) is 16.9 Å². The number of hydrogen-bond acceptors (Lipinski definition) is 4. The second-order valence-corrected chi connectivity index (χ2v) is 11.4. The number of nitriles is 1. The molecular formula is C40H45NO3. The second kappa shape index (κ2) is 17.7. The van der Waals surface area contributed by atoms with Gasteiger partial charge < -0.3 is 9.47 Å². The van der Waals surface area contributed by atoms with E-state index in [1.807, 2.05) is 42.5 Å². The van der Waals surface area contributed by atoms with Crippen molar-refractivity contribution in [2.45, 2.75) is 84.5 Å². The van der Waals surface area contributed by atoms with E-state index in [-0.39, 0.29) is 0 Å². The highest BCUT2D eigenvalue weighted by Crippen LogP contribution is 2.28. The van der Waals surface area contributed by atoms with Crippen LogP contribution in [0.25, 0.3) is 22.3 Å². The molecule has 44 heavy (non-hydrogen) atoms. The summed E-state index contributed by atoms with van der Waals surface area (Å²) in [5.41, 5.74) is 5.96. The largest absolute Gasteiger partial charge is 0.494 e. The molecule has 0 aliphatic rings. The van der Waals surface area contributed by atoms with Crippen molar-refractivity contribution >= 4 is 5.97 Å². The lowest BCUT2D eigenvalue weighted by Crippen LogP contribution is -2.09. The van der Waals surface area contributed by atoms with Gasteiger partial charge in [-0.15, -0.1) is 0 Å². The molecule has 4 nitrogen and oxygen atoms in total. The summed E-state index contributed by atoms with van der Waals surface area (Å²) in [6, 6.07) is 31.3. The zero-order valence-corrected chi connectivity index (χ0v) is 26.3. The van der Waals surface area contributed by atoms with Crippen LogP contribution in [0, 0.1) is 11.3 Å². The van der Waals surface area contributed by atoms with Gasteiger partial charge in [-0.1, -0.05) is 120 Å². The van der Waals surface area contributed by atoms with Gasteiger partial charge in [0.1, 0.15) is 11.5 Å². The zero-order valence-electron chi connectivity index (χ0n) is 26.3. The van der Waals surface area contributed by atoms with Crippen LogP contribution >= 0.6 is 0 Å². The molecule has 4 rings (SSSR count). The Kier molecular flexibility index (Phi) is 13.1. The van der Waals surface area contributed by atoms with E-state index in [2.05, 4.69) is 44.2 Å². The van der Waals surface area contributed by atoms with Crippen LogP contribution in [0.15, 0.2) is 91.0 Å². The predicted molar refractivity (Wildman–Crippen MR) is 180 cm³/mol. The number of carbonyl (C=O) groups is 1.